The van der Waals surface area contributed by atoms with Gasteiger partial charge in [-0.2, -0.15) is 0 Å². The zero-order valence-corrected chi connectivity index (χ0v) is 17.8. The average molecular weight is 418 g/mol. The highest BCUT2D eigenvalue weighted by Crippen LogP contribution is 2.29. The quantitative estimate of drug-likeness (QED) is 0.406. The Morgan fingerprint density at radius 2 is 1.77 bits per heavy atom. The third-order valence-electron chi connectivity index (χ3n) is 4.62. The van der Waals surface area contributed by atoms with E-state index >= 15 is 0 Å². The number of hydrogen-bond acceptors (Lipinski definition) is 4. The molecule has 30 heavy (non-hydrogen) atoms. The van der Waals surface area contributed by atoms with Crippen LogP contribution in [0.4, 0.5) is 5.69 Å². The van der Waals surface area contributed by atoms with Gasteiger partial charge in [-0.3, -0.25) is 9.36 Å². The van der Waals surface area contributed by atoms with E-state index in [9.17, 15) is 4.79 Å². The van der Waals surface area contributed by atoms with Crippen LogP contribution in [0, 0.1) is 6.92 Å². The van der Waals surface area contributed by atoms with Gasteiger partial charge in [0.1, 0.15) is 5.75 Å². The van der Waals surface area contributed by atoms with Gasteiger partial charge in [0.25, 0.3) is 0 Å². The number of hydrogen-bond donors (Lipinski definition) is 1. The van der Waals surface area contributed by atoms with Gasteiger partial charge in [0.15, 0.2) is 5.16 Å². The molecule has 0 aliphatic carbocycles. The molecule has 0 saturated heterocycles. The Balaban J connectivity index is 1.56. The van der Waals surface area contributed by atoms with Crippen molar-refractivity contribution in [3.05, 3.63) is 78.4 Å². The Morgan fingerprint density at radius 1 is 1.03 bits per heavy atom. The molecule has 0 spiro atoms. The molecule has 0 saturated carbocycles. The lowest BCUT2D eigenvalue weighted by molar-refractivity contribution is -0.113. The van der Waals surface area contributed by atoms with Crippen LogP contribution in [0.1, 0.15) is 12.5 Å². The lowest BCUT2D eigenvalue weighted by Gasteiger charge is -2.12. The molecule has 0 bridgehead atoms. The van der Waals surface area contributed by atoms with Crippen molar-refractivity contribution in [1.29, 1.82) is 0 Å². The van der Waals surface area contributed by atoms with Crippen LogP contribution in [0.5, 0.6) is 5.75 Å². The predicted octanol–water partition coefficient (Wildman–Crippen LogP) is 5.46. The number of carbonyl (C=O) groups excluding carboxylic acids is 1. The number of para-hydroxylation sites is 4. The normalized spacial score (nSPS) is 10.9. The van der Waals surface area contributed by atoms with Crippen LogP contribution in [0.25, 0.3) is 16.7 Å². The van der Waals surface area contributed by atoms with Crippen molar-refractivity contribution in [2.24, 2.45) is 0 Å². The summed E-state index contributed by atoms with van der Waals surface area (Å²) in [7, 11) is 0. The van der Waals surface area contributed by atoms with E-state index in [0.717, 1.165) is 21.9 Å². The summed E-state index contributed by atoms with van der Waals surface area (Å²) in [6.45, 7) is 4.53. The fraction of sp³-hybridized carbons (Fsp3) is 0.167. The molecule has 3 aromatic carbocycles. The van der Waals surface area contributed by atoms with Crippen LogP contribution in [0.15, 0.2) is 78.0 Å². The van der Waals surface area contributed by atoms with Crippen molar-refractivity contribution in [2.75, 3.05) is 17.7 Å². The van der Waals surface area contributed by atoms with Gasteiger partial charge in [-0.1, -0.05) is 53.7 Å². The first-order valence-electron chi connectivity index (χ1n) is 9.84. The molecule has 152 valence electrons. The number of fused-ring (bicyclic) bond motifs is 1. The molecule has 1 heterocycles. The van der Waals surface area contributed by atoms with Crippen molar-refractivity contribution < 1.29 is 9.53 Å². The molecule has 0 aliphatic rings. The Hall–Kier alpha value is -3.25. The third kappa shape index (κ3) is 4.33. The fourth-order valence-electron chi connectivity index (χ4n) is 3.21. The fourth-order valence-corrected chi connectivity index (χ4v) is 4.04. The number of ether oxygens (including phenoxy) is 1. The lowest BCUT2D eigenvalue weighted by atomic mass is 10.2. The standard InChI is InChI=1S/C24H23N3O2S/c1-3-29-22-11-7-5-9-20(22)25-23(28)16-30-24-26-19-8-4-6-10-21(19)27(24)18-14-12-17(2)13-15-18/h4-15H,3,16H2,1-2H3,(H,25,28). The first-order chi connectivity index (χ1) is 14.7. The van der Waals surface area contributed by atoms with Crippen molar-refractivity contribution in [1.82, 2.24) is 9.55 Å². The topological polar surface area (TPSA) is 56.1 Å². The van der Waals surface area contributed by atoms with E-state index in [-0.39, 0.29) is 11.7 Å². The maximum atomic E-state index is 12.6. The minimum Gasteiger partial charge on any atom is -0.492 e. The summed E-state index contributed by atoms with van der Waals surface area (Å²) < 4.78 is 7.69. The van der Waals surface area contributed by atoms with Gasteiger partial charge in [0.05, 0.1) is 29.1 Å². The van der Waals surface area contributed by atoms with Gasteiger partial charge in [0.2, 0.25) is 5.91 Å². The minimum atomic E-state index is -0.102. The molecule has 4 aromatic rings. The molecule has 1 N–H and O–H groups in total. The second-order valence-electron chi connectivity index (χ2n) is 6.82. The molecule has 0 radical (unpaired) electrons. The third-order valence-corrected chi connectivity index (χ3v) is 5.55. The van der Waals surface area contributed by atoms with Crippen LogP contribution in [-0.4, -0.2) is 27.8 Å². The molecule has 1 amide bonds. The number of benzene rings is 3. The van der Waals surface area contributed by atoms with Gasteiger partial charge < -0.3 is 10.1 Å². The van der Waals surface area contributed by atoms with Crippen molar-refractivity contribution in [2.45, 2.75) is 19.0 Å². The monoisotopic (exact) mass is 417 g/mol. The van der Waals surface area contributed by atoms with Crippen molar-refractivity contribution >= 4 is 34.4 Å². The SMILES string of the molecule is CCOc1ccccc1NC(=O)CSc1nc2ccccc2n1-c1ccc(C)cc1. The summed E-state index contributed by atoms with van der Waals surface area (Å²) in [5.74, 6) is 0.815. The molecule has 5 nitrogen and oxygen atoms in total. The second kappa shape index (κ2) is 9.05. The summed E-state index contributed by atoms with van der Waals surface area (Å²) in [6, 6.07) is 23.8. The largest absolute Gasteiger partial charge is 0.492 e. The summed E-state index contributed by atoms with van der Waals surface area (Å²) >= 11 is 1.42. The van der Waals surface area contributed by atoms with Crippen LogP contribution in [0.2, 0.25) is 0 Å². The summed E-state index contributed by atoms with van der Waals surface area (Å²) in [5, 5.41) is 3.73. The number of rotatable bonds is 7. The van der Waals surface area contributed by atoms with Crippen LogP contribution in [-0.2, 0) is 4.79 Å². The van der Waals surface area contributed by atoms with Crippen LogP contribution >= 0.6 is 11.8 Å². The maximum absolute atomic E-state index is 12.6. The predicted molar refractivity (Wildman–Crippen MR) is 123 cm³/mol. The average Bonchev–Trinajstić information content (AvgIpc) is 3.13. The minimum absolute atomic E-state index is 0.102. The molecule has 1 aromatic heterocycles. The number of anilines is 1. The highest BCUT2D eigenvalue weighted by Gasteiger charge is 2.15. The Bertz CT molecular complexity index is 1170. The number of imidazole rings is 1. The first kappa shape index (κ1) is 20.0. The van der Waals surface area contributed by atoms with E-state index in [2.05, 4.69) is 41.1 Å². The van der Waals surface area contributed by atoms with E-state index < -0.39 is 0 Å². The molecule has 4 rings (SSSR count). The number of thioether (sulfide) groups is 1. The zero-order chi connectivity index (χ0) is 20.9. The lowest BCUT2D eigenvalue weighted by Crippen LogP contribution is -2.15. The number of nitrogens with zero attached hydrogens (tertiary/aromatic N) is 2. The highest BCUT2D eigenvalue weighted by molar-refractivity contribution is 7.99. The highest BCUT2D eigenvalue weighted by atomic mass is 32.2. The smallest absolute Gasteiger partial charge is 0.234 e. The van der Waals surface area contributed by atoms with E-state index in [1.54, 1.807) is 0 Å². The van der Waals surface area contributed by atoms with E-state index in [0.29, 0.717) is 18.0 Å². The van der Waals surface area contributed by atoms with E-state index in [1.807, 2.05) is 55.5 Å². The molecule has 0 unspecified atom stereocenters. The second-order valence-corrected chi connectivity index (χ2v) is 7.76. The number of carbonyl (C=O) groups is 1. The number of amides is 1. The molecular formula is C24H23N3O2S. The number of aryl methyl sites for hydroxylation is 1. The first-order valence-corrected chi connectivity index (χ1v) is 10.8. The molecule has 0 atom stereocenters. The Kier molecular flexibility index (Phi) is 6.05. The van der Waals surface area contributed by atoms with Crippen LogP contribution < -0.4 is 10.1 Å². The molecule has 6 heteroatoms. The maximum Gasteiger partial charge on any atom is 0.234 e. The summed E-state index contributed by atoms with van der Waals surface area (Å²) in [4.78, 5) is 17.4. The van der Waals surface area contributed by atoms with Crippen molar-refractivity contribution in [3.63, 3.8) is 0 Å². The number of aromatic nitrogens is 2. The summed E-state index contributed by atoms with van der Waals surface area (Å²) in [6.07, 6.45) is 0. The van der Waals surface area contributed by atoms with Crippen molar-refractivity contribution in [3.8, 4) is 11.4 Å². The Morgan fingerprint density at radius 3 is 2.57 bits per heavy atom. The van der Waals surface area contributed by atoms with Gasteiger partial charge in [-0.15, -0.1) is 0 Å². The zero-order valence-electron chi connectivity index (χ0n) is 17.0. The van der Waals surface area contributed by atoms with Gasteiger partial charge >= 0.3 is 0 Å². The van der Waals surface area contributed by atoms with E-state index in [4.69, 9.17) is 9.72 Å². The van der Waals surface area contributed by atoms with Gasteiger partial charge in [0, 0.05) is 5.69 Å². The van der Waals surface area contributed by atoms with Gasteiger partial charge in [-0.05, 0) is 50.2 Å². The summed E-state index contributed by atoms with van der Waals surface area (Å²) in [5.41, 5.74) is 4.83. The Labute approximate surface area is 180 Å². The molecule has 0 fully saturated rings. The van der Waals surface area contributed by atoms with E-state index in [1.165, 1.54) is 17.3 Å². The van der Waals surface area contributed by atoms with Crippen LogP contribution in [0.3, 0.4) is 0 Å². The van der Waals surface area contributed by atoms with Gasteiger partial charge in [-0.25, -0.2) is 4.98 Å². The molecule has 0 aliphatic heterocycles. The molecular weight excluding hydrogens is 394 g/mol. The number of nitrogens with one attached hydrogen (secondary N) is 1.